The van der Waals surface area contributed by atoms with Gasteiger partial charge in [0, 0.05) is 27.4 Å². The average molecular weight is 486 g/mol. The molecule has 1 amide bonds. The van der Waals surface area contributed by atoms with E-state index < -0.39 is 5.82 Å². The molecule has 0 heterocycles. The fraction of sp³-hybridized carbons (Fsp3) is 0.350. The zero-order valence-electron chi connectivity index (χ0n) is 15.7. The van der Waals surface area contributed by atoms with Crippen LogP contribution in [0.15, 0.2) is 36.4 Å². The van der Waals surface area contributed by atoms with Crippen LogP contribution in [0.4, 0.5) is 10.1 Å². The highest BCUT2D eigenvalue weighted by Gasteiger charge is 2.12. The fourth-order valence-corrected chi connectivity index (χ4v) is 2.87. The summed E-state index contributed by atoms with van der Waals surface area (Å²) >= 11 is 1.88. The molecule has 146 valence electrons. The number of hydrogen-bond acceptors (Lipinski definition) is 4. The summed E-state index contributed by atoms with van der Waals surface area (Å²) in [5.74, 6) is 0.340. The monoisotopic (exact) mass is 486 g/mol. The lowest BCUT2D eigenvalue weighted by Crippen LogP contribution is -2.28. The predicted molar refractivity (Wildman–Crippen MR) is 113 cm³/mol. The van der Waals surface area contributed by atoms with Crippen molar-refractivity contribution in [2.24, 2.45) is 0 Å². The van der Waals surface area contributed by atoms with E-state index in [4.69, 9.17) is 9.47 Å². The highest BCUT2D eigenvalue weighted by molar-refractivity contribution is 14.1. The lowest BCUT2D eigenvalue weighted by atomic mass is 10.2. The topological polar surface area (TPSA) is 50.8 Å². The number of anilines is 1. The molecule has 0 spiro atoms. The number of ether oxygens (including phenoxy) is 2. The fourth-order valence-electron chi connectivity index (χ4n) is 2.53. The van der Waals surface area contributed by atoms with Gasteiger partial charge in [-0.15, -0.1) is 0 Å². The van der Waals surface area contributed by atoms with E-state index in [1.54, 1.807) is 37.4 Å². The Labute approximate surface area is 173 Å². The van der Waals surface area contributed by atoms with E-state index in [9.17, 15) is 9.18 Å². The third-order valence-corrected chi connectivity index (χ3v) is 5.04. The van der Waals surface area contributed by atoms with Gasteiger partial charge in [-0.25, -0.2) is 4.39 Å². The molecule has 2 aromatic carbocycles. The summed E-state index contributed by atoms with van der Waals surface area (Å²) in [7, 11) is 1.57. The summed E-state index contributed by atoms with van der Waals surface area (Å²) in [5, 5.41) is 2.76. The normalized spacial score (nSPS) is 10.7. The maximum atomic E-state index is 13.7. The molecule has 0 aliphatic rings. The van der Waals surface area contributed by atoms with E-state index in [1.807, 2.05) is 22.6 Å². The van der Waals surface area contributed by atoms with Crippen LogP contribution in [0.1, 0.15) is 24.2 Å². The van der Waals surface area contributed by atoms with E-state index in [1.165, 1.54) is 6.07 Å². The van der Waals surface area contributed by atoms with Gasteiger partial charge in [-0.05, 0) is 66.0 Å². The second-order valence-corrected chi connectivity index (χ2v) is 6.99. The van der Waals surface area contributed by atoms with E-state index >= 15 is 0 Å². The number of hydrogen-bond donors (Lipinski definition) is 1. The van der Waals surface area contributed by atoms with Gasteiger partial charge in [0.05, 0.1) is 7.11 Å². The van der Waals surface area contributed by atoms with Gasteiger partial charge in [0.15, 0.2) is 11.5 Å². The minimum Gasteiger partial charge on any atom is -0.493 e. The number of nitrogens with zero attached hydrogens (tertiary/aromatic N) is 1. The molecule has 0 aliphatic carbocycles. The number of carbonyl (C=O) groups excluding carboxylic acids is 1. The first-order chi connectivity index (χ1) is 13.0. The molecule has 0 aromatic heterocycles. The molecule has 0 unspecified atom stereocenters. The van der Waals surface area contributed by atoms with Crippen LogP contribution in [-0.4, -0.2) is 44.2 Å². The van der Waals surface area contributed by atoms with Crippen LogP contribution in [0.2, 0.25) is 0 Å². The van der Waals surface area contributed by atoms with Crippen molar-refractivity contribution in [3.8, 4) is 11.5 Å². The Kier molecular flexibility index (Phi) is 8.30. The van der Waals surface area contributed by atoms with Gasteiger partial charge in [0.2, 0.25) is 0 Å². The Morgan fingerprint density at radius 3 is 2.52 bits per heavy atom. The van der Waals surface area contributed by atoms with Crippen molar-refractivity contribution in [3.05, 3.63) is 51.3 Å². The van der Waals surface area contributed by atoms with Crippen LogP contribution in [0.25, 0.3) is 0 Å². The van der Waals surface area contributed by atoms with Crippen molar-refractivity contribution in [2.45, 2.75) is 13.8 Å². The van der Waals surface area contributed by atoms with Crippen molar-refractivity contribution in [1.82, 2.24) is 4.90 Å². The van der Waals surface area contributed by atoms with Crippen molar-refractivity contribution in [2.75, 3.05) is 38.7 Å². The smallest absolute Gasteiger partial charge is 0.255 e. The van der Waals surface area contributed by atoms with Crippen LogP contribution in [0.5, 0.6) is 11.5 Å². The number of carbonyl (C=O) groups is 1. The van der Waals surface area contributed by atoms with Crippen molar-refractivity contribution >= 4 is 34.2 Å². The Balaban J connectivity index is 2.08. The van der Waals surface area contributed by atoms with Crippen molar-refractivity contribution in [1.29, 1.82) is 0 Å². The first kappa shape index (κ1) is 21.4. The molecule has 0 radical (unpaired) electrons. The summed E-state index contributed by atoms with van der Waals surface area (Å²) in [6.45, 7) is 7.44. The van der Waals surface area contributed by atoms with Gasteiger partial charge in [-0.1, -0.05) is 13.8 Å². The van der Waals surface area contributed by atoms with E-state index in [-0.39, 0.29) is 11.5 Å². The second kappa shape index (κ2) is 10.5. The average Bonchev–Trinajstić information content (AvgIpc) is 2.67. The number of amides is 1. The third kappa shape index (κ3) is 6.07. The molecule has 5 nitrogen and oxygen atoms in total. The first-order valence-electron chi connectivity index (χ1n) is 8.78. The highest BCUT2D eigenvalue weighted by atomic mass is 127. The number of rotatable bonds is 9. The van der Waals surface area contributed by atoms with E-state index in [0.717, 1.165) is 19.6 Å². The Bertz CT molecular complexity index is 782. The lowest BCUT2D eigenvalue weighted by Gasteiger charge is -2.19. The molecule has 0 bridgehead atoms. The van der Waals surface area contributed by atoms with Gasteiger partial charge in [0.25, 0.3) is 5.91 Å². The van der Waals surface area contributed by atoms with Gasteiger partial charge in [-0.2, -0.15) is 0 Å². The number of methoxy groups -OCH3 is 1. The molecule has 0 fully saturated rings. The Morgan fingerprint density at radius 1 is 1.15 bits per heavy atom. The maximum Gasteiger partial charge on any atom is 0.255 e. The van der Waals surface area contributed by atoms with E-state index in [0.29, 0.717) is 27.4 Å². The SMILES string of the molecule is CCN(CC)CCOc1cc(NC(=O)c2ccc(I)c(F)c2)ccc1OC. The summed E-state index contributed by atoms with van der Waals surface area (Å²) in [5.41, 5.74) is 0.810. The zero-order valence-corrected chi connectivity index (χ0v) is 17.9. The molecule has 0 saturated carbocycles. The van der Waals surface area contributed by atoms with Gasteiger partial charge < -0.3 is 19.7 Å². The number of nitrogens with one attached hydrogen (secondary N) is 1. The van der Waals surface area contributed by atoms with Crippen molar-refractivity contribution in [3.63, 3.8) is 0 Å². The molecule has 1 N–H and O–H groups in total. The largest absolute Gasteiger partial charge is 0.493 e. The van der Waals surface area contributed by atoms with Gasteiger partial charge in [0.1, 0.15) is 12.4 Å². The van der Waals surface area contributed by atoms with Crippen LogP contribution in [0.3, 0.4) is 0 Å². The minimum atomic E-state index is -0.418. The van der Waals surface area contributed by atoms with Gasteiger partial charge >= 0.3 is 0 Å². The number of halogens is 2. The summed E-state index contributed by atoms with van der Waals surface area (Å²) in [6, 6.07) is 9.55. The van der Waals surface area contributed by atoms with Crippen LogP contribution < -0.4 is 14.8 Å². The minimum absolute atomic E-state index is 0.257. The zero-order chi connectivity index (χ0) is 19.8. The Hall–Kier alpha value is -1.87. The molecule has 0 atom stereocenters. The summed E-state index contributed by atoms with van der Waals surface area (Å²) in [4.78, 5) is 14.6. The molecular weight excluding hydrogens is 462 g/mol. The third-order valence-electron chi connectivity index (χ3n) is 4.16. The number of benzene rings is 2. The first-order valence-corrected chi connectivity index (χ1v) is 9.85. The molecule has 7 heteroatoms. The standard InChI is InChI=1S/C20H24FIN2O3/c1-4-24(5-2)10-11-27-19-13-15(7-9-18(19)26-3)23-20(25)14-6-8-17(22)16(21)12-14/h6-9,12-13H,4-5,10-11H2,1-3H3,(H,23,25). The van der Waals surface area contributed by atoms with Crippen LogP contribution in [-0.2, 0) is 0 Å². The molecule has 0 aliphatic heterocycles. The van der Waals surface area contributed by atoms with Crippen LogP contribution in [0, 0.1) is 9.39 Å². The molecule has 27 heavy (non-hydrogen) atoms. The van der Waals surface area contributed by atoms with E-state index in [2.05, 4.69) is 24.1 Å². The highest BCUT2D eigenvalue weighted by Crippen LogP contribution is 2.30. The quantitative estimate of drug-likeness (QED) is 0.534. The van der Waals surface area contributed by atoms with Crippen LogP contribution >= 0.6 is 22.6 Å². The lowest BCUT2D eigenvalue weighted by molar-refractivity contribution is 0.102. The molecule has 2 aromatic rings. The van der Waals surface area contributed by atoms with Gasteiger partial charge in [-0.3, -0.25) is 4.79 Å². The summed E-state index contributed by atoms with van der Waals surface area (Å²) in [6.07, 6.45) is 0. The number of likely N-dealkylation sites (N-methyl/N-ethyl adjacent to an activating group) is 1. The summed E-state index contributed by atoms with van der Waals surface area (Å²) < 4.78 is 25.3. The Morgan fingerprint density at radius 2 is 1.89 bits per heavy atom. The molecule has 2 rings (SSSR count). The maximum absolute atomic E-state index is 13.7. The predicted octanol–water partition coefficient (Wildman–Crippen LogP) is 4.41. The second-order valence-electron chi connectivity index (χ2n) is 5.82. The molecular formula is C20H24FIN2O3. The van der Waals surface area contributed by atoms with Crippen molar-refractivity contribution < 1.29 is 18.7 Å². The molecule has 0 saturated heterocycles.